The number of amides is 2. The molecule has 1 aliphatic carbocycles. The van der Waals surface area contributed by atoms with Gasteiger partial charge in [-0.05, 0) is 61.1 Å². The summed E-state index contributed by atoms with van der Waals surface area (Å²) in [5.41, 5.74) is 13.7. The third-order valence-corrected chi connectivity index (χ3v) is 7.85. The van der Waals surface area contributed by atoms with Crippen LogP contribution in [0.4, 0.5) is 0 Å². The van der Waals surface area contributed by atoms with Gasteiger partial charge >= 0.3 is 5.97 Å². The number of esters is 1. The number of rotatable bonds is 16. The molecule has 2 aromatic rings. The summed E-state index contributed by atoms with van der Waals surface area (Å²) in [7, 11) is 1.63. The van der Waals surface area contributed by atoms with Gasteiger partial charge in [0.25, 0.3) is 5.91 Å². The molecule has 2 amide bonds. The van der Waals surface area contributed by atoms with Crippen LogP contribution in [0.1, 0.15) is 102 Å². The van der Waals surface area contributed by atoms with Gasteiger partial charge in [0.05, 0.1) is 12.7 Å². The second kappa shape index (κ2) is 16.9. The topological polar surface area (TPSA) is 137 Å². The quantitative estimate of drug-likeness (QED) is 0.245. The van der Waals surface area contributed by atoms with Crippen LogP contribution in [0.5, 0.6) is 5.75 Å². The second-order valence-electron chi connectivity index (χ2n) is 11.3. The minimum Gasteiger partial charge on any atom is -0.497 e. The average molecular weight is 581 g/mol. The van der Waals surface area contributed by atoms with Gasteiger partial charge in [-0.15, -0.1) is 0 Å². The molecule has 0 bridgehead atoms. The van der Waals surface area contributed by atoms with Crippen LogP contribution < -0.4 is 21.5 Å². The summed E-state index contributed by atoms with van der Waals surface area (Å²) < 4.78 is 11.3. The van der Waals surface area contributed by atoms with Crippen molar-refractivity contribution in [3.63, 3.8) is 0 Å². The molecule has 0 spiro atoms. The van der Waals surface area contributed by atoms with E-state index < -0.39 is 18.0 Å². The van der Waals surface area contributed by atoms with E-state index >= 15 is 0 Å². The summed E-state index contributed by atoms with van der Waals surface area (Å²) in [5, 5.41) is 3.38. The van der Waals surface area contributed by atoms with E-state index in [0.29, 0.717) is 32.1 Å². The SMILES string of the molecule is CCCN(CCC)C(=O)c1cc(C(N)=O)cc(C(=O)O[C@H](CNCc2cccc(OC)c2)[C@@H](N)CC2CCCCC2)c1. The Morgan fingerprint density at radius 2 is 1.64 bits per heavy atom. The first kappa shape index (κ1) is 33.1. The van der Waals surface area contributed by atoms with Crippen LogP contribution in [0.2, 0.25) is 0 Å². The number of hydrogen-bond donors (Lipinski definition) is 3. The average Bonchev–Trinajstić information content (AvgIpc) is 3.00. The van der Waals surface area contributed by atoms with Crippen LogP contribution in [-0.2, 0) is 11.3 Å². The molecule has 1 saturated carbocycles. The number of benzene rings is 2. The van der Waals surface area contributed by atoms with Crippen LogP contribution in [0.3, 0.4) is 0 Å². The first-order chi connectivity index (χ1) is 20.2. The lowest BCUT2D eigenvalue weighted by Gasteiger charge is -2.29. The fourth-order valence-corrected chi connectivity index (χ4v) is 5.64. The van der Waals surface area contributed by atoms with Gasteiger partial charge in [-0.3, -0.25) is 9.59 Å². The fourth-order valence-electron chi connectivity index (χ4n) is 5.64. The number of methoxy groups -OCH3 is 1. The number of nitrogens with zero attached hydrogens (tertiary/aromatic N) is 1. The molecule has 5 N–H and O–H groups in total. The van der Waals surface area contributed by atoms with Crippen molar-refractivity contribution in [2.24, 2.45) is 17.4 Å². The molecule has 1 fully saturated rings. The maximum Gasteiger partial charge on any atom is 0.338 e. The van der Waals surface area contributed by atoms with Gasteiger partial charge in [0.15, 0.2) is 0 Å². The largest absolute Gasteiger partial charge is 0.497 e. The number of ether oxygens (including phenoxy) is 2. The number of primary amides is 1. The summed E-state index contributed by atoms with van der Waals surface area (Å²) in [6, 6.07) is 11.7. The Labute approximate surface area is 250 Å². The maximum atomic E-state index is 13.5. The summed E-state index contributed by atoms with van der Waals surface area (Å²) in [4.78, 5) is 40.7. The van der Waals surface area contributed by atoms with Gasteiger partial charge < -0.3 is 31.2 Å². The third kappa shape index (κ3) is 9.84. The van der Waals surface area contributed by atoms with Gasteiger partial charge in [0, 0.05) is 43.3 Å². The van der Waals surface area contributed by atoms with E-state index in [1.54, 1.807) is 12.0 Å². The Kier molecular flexibility index (Phi) is 13.3. The Bertz CT molecular complexity index is 1170. The van der Waals surface area contributed by atoms with Crippen molar-refractivity contribution >= 4 is 17.8 Å². The molecule has 0 unspecified atom stereocenters. The molecule has 0 heterocycles. The van der Waals surface area contributed by atoms with Crippen molar-refractivity contribution in [3.05, 3.63) is 64.7 Å². The molecule has 230 valence electrons. The smallest absolute Gasteiger partial charge is 0.338 e. The minimum absolute atomic E-state index is 0.0833. The van der Waals surface area contributed by atoms with E-state index in [-0.39, 0.29) is 28.6 Å². The molecule has 0 aliphatic heterocycles. The maximum absolute atomic E-state index is 13.5. The fraction of sp³-hybridized carbons (Fsp3) is 0.545. The minimum atomic E-state index is -0.721. The second-order valence-corrected chi connectivity index (χ2v) is 11.3. The highest BCUT2D eigenvalue weighted by atomic mass is 16.5. The summed E-state index contributed by atoms with van der Waals surface area (Å²) in [6.07, 6.45) is 7.62. The van der Waals surface area contributed by atoms with Crippen molar-refractivity contribution in [1.29, 1.82) is 0 Å². The van der Waals surface area contributed by atoms with Crippen molar-refractivity contribution in [2.75, 3.05) is 26.7 Å². The molecule has 2 atom stereocenters. The van der Waals surface area contributed by atoms with Crippen molar-refractivity contribution in [3.8, 4) is 5.75 Å². The van der Waals surface area contributed by atoms with Crippen molar-refractivity contribution < 1.29 is 23.9 Å². The highest BCUT2D eigenvalue weighted by Gasteiger charge is 2.28. The Hall–Kier alpha value is -3.43. The molecule has 0 saturated heterocycles. The predicted molar refractivity (Wildman–Crippen MR) is 165 cm³/mol. The van der Waals surface area contributed by atoms with Crippen LogP contribution in [0.15, 0.2) is 42.5 Å². The van der Waals surface area contributed by atoms with E-state index in [1.165, 1.54) is 37.5 Å². The molecule has 42 heavy (non-hydrogen) atoms. The van der Waals surface area contributed by atoms with Crippen molar-refractivity contribution in [2.45, 2.75) is 83.9 Å². The number of hydrogen-bond acceptors (Lipinski definition) is 7. The molecule has 9 heteroatoms. The van der Waals surface area contributed by atoms with E-state index in [9.17, 15) is 14.4 Å². The summed E-state index contributed by atoms with van der Waals surface area (Å²) in [6.45, 7) is 6.03. The molecule has 0 aromatic heterocycles. The van der Waals surface area contributed by atoms with Gasteiger partial charge in [-0.1, -0.05) is 58.1 Å². The highest BCUT2D eigenvalue weighted by Crippen LogP contribution is 2.28. The normalized spacial score (nSPS) is 15.0. The number of carbonyl (C=O) groups excluding carboxylic acids is 3. The Morgan fingerprint density at radius 1 is 0.976 bits per heavy atom. The molecule has 0 radical (unpaired) electrons. The lowest BCUT2D eigenvalue weighted by molar-refractivity contribution is 0.0210. The van der Waals surface area contributed by atoms with E-state index in [4.69, 9.17) is 20.9 Å². The third-order valence-electron chi connectivity index (χ3n) is 7.85. The first-order valence-electron chi connectivity index (χ1n) is 15.3. The van der Waals surface area contributed by atoms with E-state index in [2.05, 4.69) is 5.32 Å². The van der Waals surface area contributed by atoms with Crippen LogP contribution in [0.25, 0.3) is 0 Å². The molecule has 3 rings (SSSR count). The zero-order valence-electron chi connectivity index (χ0n) is 25.4. The van der Waals surface area contributed by atoms with Gasteiger partial charge in [-0.2, -0.15) is 0 Å². The monoisotopic (exact) mass is 580 g/mol. The van der Waals surface area contributed by atoms with Gasteiger partial charge in [0.2, 0.25) is 5.91 Å². The predicted octanol–water partition coefficient (Wildman–Crippen LogP) is 4.67. The van der Waals surface area contributed by atoms with E-state index in [0.717, 1.165) is 43.4 Å². The lowest BCUT2D eigenvalue weighted by Crippen LogP contribution is -2.45. The molecule has 9 nitrogen and oxygen atoms in total. The molecule has 1 aliphatic rings. The van der Waals surface area contributed by atoms with Crippen LogP contribution >= 0.6 is 0 Å². The summed E-state index contributed by atoms with van der Waals surface area (Å²) in [5.74, 6) is -0.346. The summed E-state index contributed by atoms with van der Waals surface area (Å²) >= 11 is 0. The van der Waals surface area contributed by atoms with Gasteiger partial charge in [-0.25, -0.2) is 4.79 Å². The standard InChI is InChI=1S/C33H48N4O5/c1-4-14-37(15-5-2)32(39)26-18-25(31(35)38)19-27(20-26)33(40)42-30(29(34)17-23-10-7-6-8-11-23)22-36-21-24-12-9-13-28(16-24)41-3/h9,12-13,16,18-20,23,29-30,36H,4-8,10-11,14-15,17,21-22,34H2,1-3H3,(H2,35,38)/t29-,30+/m0/s1. The lowest BCUT2D eigenvalue weighted by atomic mass is 9.84. The zero-order valence-corrected chi connectivity index (χ0v) is 25.4. The zero-order chi connectivity index (χ0) is 30.5. The number of nitrogens with one attached hydrogen (secondary N) is 1. The number of carbonyl (C=O) groups is 3. The Morgan fingerprint density at radius 3 is 2.29 bits per heavy atom. The first-order valence-corrected chi connectivity index (χ1v) is 15.3. The van der Waals surface area contributed by atoms with Crippen LogP contribution in [0, 0.1) is 5.92 Å². The Balaban J connectivity index is 1.81. The number of nitrogens with two attached hydrogens (primary N) is 2. The van der Waals surface area contributed by atoms with Gasteiger partial charge in [0.1, 0.15) is 11.9 Å². The molecular weight excluding hydrogens is 532 g/mol. The van der Waals surface area contributed by atoms with Crippen molar-refractivity contribution in [1.82, 2.24) is 10.2 Å². The highest BCUT2D eigenvalue weighted by molar-refractivity contribution is 6.03. The van der Waals surface area contributed by atoms with Crippen LogP contribution in [-0.4, -0.2) is 61.6 Å². The molecule has 2 aromatic carbocycles. The molecular formula is C33H48N4O5. The van der Waals surface area contributed by atoms with E-state index in [1.807, 2.05) is 38.1 Å².